The predicted molar refractivity (Wildman–Crippen MR) is 94.7 cm³/mol. The van der Waals surface area contributed by atoms with E-state index in [1.807, 2.05) is 0 Å². The molecule has 0 spiro atoms. The van der Waals surface area contributed by atoms with Gasteiger partial charge >= 0.3 is 5.97 Å². The van der Waals surface area contributed by atoms with E-state index in [4.69, 9.17) is 9.47 Å². The van der Waals surface area contributed by atoms with Gasteiger partial charge in [-0.2, -0.15) is 0 Å². The van der Waals surface area contributed by atoms with E-state index < -0.39 is 10.9 Å². The van der Waals surface area contributed by atoms with Crippen LogP contribution in [-0.2, 0) is 9.53 Å². The zero-order chi connectivity index (χ0) is 19.6. The van der Waals surface area contributed by atoms with Gasteiger partial charge in [0.05, 0.1) is 17.6 Å². The minimum absolute atomic E-state index is 0.0544. The van der Waals surface area contributed by atoms with E-state index in [0.717, 1.165) is 0 Å². The number of esters is 1. The van der Waals surface area contributed by atoms with Crippen LogP contribution < -0.4 is 9.47 Å². The Kier molecular flexibility index (Phi) is 4.89. The van der Waals surface area contributed by atoms with Gasteiger partial charge in [0.25, 0.3) is 5.69 Å². The molecule has 0 radical (unpaired) electrons. The number of hydrogen-bond acceptors (Lipinski definition) is 7. The lowest BCUT2D eigenvalue weighted by Gasteiger charge is -2.10. The van der Waals surface area contributed by atoms with Crippen LogP contribution in [0.25, 0.3) is 6.08 Å². The quantitative estimate of drug-likeness (QED) is 0.345. The summed E-state index contributed by atoms with van der Waals surface area (Å²) in [5, 5.41) is 10.9. The van der Waals surface area contributed by atoms with Crippen molar-refractivity contribution in [2.45, 2.75) is 6.92 Å². The highest BCUT2D eigenvalue weighted by Gasteiger charge is 2.30. The van der Waals surface area contributed by atoms with Gasteiger partial charge in [-0.3, -0.25) is 14.9 Å². The second kappa shape index (κ2) is 7.28. The molecular formula is C19H15NO7. The van der Waals surface area contributed by atoms with Gasteiger partial charge in [0, 0.05) is 17.7 Å². The first-order valence-corrected chi connectivity index (χ1v) is 7.92. The summed E-state index contributed by atoms with van der Waals surface area (Å²) >= 11 is 0. The number of allylic oxidation sites excluding steroid dienone is 1. The third kappa shape index (κ3) is 3.64. The molecule has 1 aliphatic rings. The standard InChI is InChI=1S/C19H15NO7/c1-11-15(26-10-17(21)25-2)7-6-14-18(22)16(27-19(11)14)9-12-4-3-5-13(8-12)20(23)24/h3-9H,10H2,1-2H3/b16-9-. The molecule has 0 unspecified atom stereocenters. The predicted octanol–water partition coefficient (Wildman–Crippen LogP) is 3.07. The summed E-state index contributed by atoms with van der Waals surface area (Å²) in [5.74, 6) is -0.0846. The summed E-state index contributed by atoms with van der Waals surface area (Å²) in [5.41, 5.74) is 1.31. The maximum atomic E-state index is 12.6. The average molecular weight is 369 g/mol. The van der Waals surface area contributed by atoms with Crippen molar-refractivity contribution in [2.24, 2.45) is 0 Å². The molecule has 0 aliphatic carbocycles. The lowest BCUT2D eigenvalue weighted by Crippen LogP contribution is -2.13. The fraction of sp³-hybridized carbons (Fsp3) is 0.158. The molecule has 0 fully saturated rings. The first-order valence-electron chi connectivity index (χ1n) is 7.92. The molecule has 0 N–H and O–H groups in total. The van der Waals surface area contributed by atoms with Crippen LogP contribution >= 0.6 is 0 Å². The second-order valence-corrected chi connectivity index (χ2v) is 5.72. The number of hydrogen-bond donors (Lipinski definition) is 0. The number of fused-ring (bicyclic) bond motifs is 1. The van der Waals surface area contributed by atoms with Crippen molar-refractivity contribution in [2.75, 3.05) is 13.7 Å². The first kappa shape index (κ1) is 18.1. The zero-order valence-electron chi connectivity index (χ0n) is 14.6. The summed E-state index contributed by atoms with van der Waals surface area (Å²) in [6.07, 6.45) is 1.45. The van der Waals surface area contributed by atoms with E-state index in [9.17, 15) is 19.7 Å². The van der Waals surface area contributed by atoms with Gasteiger partial charge < -0.3 is 14.2 Å². The van der Waals surface area contributed by atoms with E-state index in [-0.39, 0.29) is 23.8 Å². The van der Waals surface area contributed by atoms with Crippen molar-refractivity contribution in [3.05, 3.63) is 69.0 Å². The third-order valence-corrected chi connectivity index (χ3v) is 3.99. The number of carbonyl (C=O) groups excluding carboxylic acids is 2. The monoisotopic (exact) mass is 369 g/mol. The number of nitrogens with zero attached hydrogens (tertiary/aromatic N) is 1. The second-order valence-electron chi connectivity index (χ2n) is 5.72. The van der Waals surface area contributed by atoms with Crippen molar-refractivity contribution in [1.82, 2.24) is 0 Å². The van der Waals surface area contributed by atoms with Gasteiger partial charge in [-0.15, -0.1) is 0 Å². The average Bonchev–Trinajstić information content (AvgIpc) is 2.97. The van der Waals surface area contributed by atoms with E-state index in [1.54, 1.807) is 25.1 Å². The zero-order valence-corrected chi connectivity index (χ0v) is 14.6. The van der Waals surface area contributed by atoms with Gasteiger partial charge in [0.2, 0.25) is 5.78 Å². The molecule has 3 rings (SSSR count). The summed E-state index contributed by atoms with van der Waals surface area (Å²) in [6.45, 7) is 1.44. The van der Waals surface area contributed by atoms with Gasteiger partial charge in [0.15, 0.2) is 12.4 Å². The van der Waals surface area contributed by atoms with E-state index >= 15 is 0 Å². The fourth-order valence-electron chi connectivity index (χ4n) is 2.60. The molecule has 0 bridgehead atoms. The highest BCUT2D eigenvalue weighted by molar-refractivity contribution is 6.15. The van der Waals surface area contributed by atoms with Crippen LogP contribution in [0.3, 0.4) is 0 Å². The molecule has 0 aromatic heterocycles. The lowest BCUT2D eigenvalue weighted by atomic mass is 10.1. The molecule has 138 valence electrons. The van der Waals surface area contributed by atoms with Gasteiger partial charge in [-0.1, -0.05) is 12.1 Å². The number of carbonyl (C=O) groups is 2. The Morgan fingerprint density at radius 2 is 2.07 bits per heavy atom. The summed E-state index contributed by atoms with van der Waals surface area (Å²) < 4.78 is 15.6. The number of nitro benzene ring substituents is 1. The number of nitro groups is 1. The van der Waals surface area contributed by atoms with Gasteiger partial charge in [-0.05, 0) is 30.7 Å². The van der Waals surface area contributed by atoms with Crippen molar-refractivity contribution in [1.29, 1.82) is 0 Å². The molecule has 8 nitrogen and oxygen atoms in total. The topological polar surface area (TPSA) is 105 Å². The van der Waals surface area contributed by atoms with E-state index in [0.29, 0.717) is 28.2 Å². The number of ketones is 1. The SMILES string of the molecule is COC(=O)COc1ccc2c(c1C)O/C(=C\c1cccc([N+](=O)[O-])c1)C2=O. The Bertz CT molecular complexity index is 978. The highest BCUT2D eigenvalue weighted by atomic mass is 16.6. The number of ether oxygens (including phenoxy) is 3. The van der Waals surface area contributed by atoms with Crippen molar-refractivity contribution >= 4 is 23.5 Å². The molecule has 0 atom stereocenters. The third-order valence-electron chi connectivity index (χ3n) is 3.99. The van der Waals surface area contributed by atoms with Crippen molar-refractivity contribution in [3.63, 3.8) is 0 Å². The molecule has 0 saturated carbocycles. The Balaban J connectivity index is 1.88. The number of methoxy groups -OCH3 is 1. The van der Waals surface area contributed by atoms with Crippen molar-refractivity contribution < 1.29 is 28.7 Å². The Hall–Kier alpha value is -3.68. The molecule has 8 heteroatoms. The Morgan fingerprint density at radius 3 is 2.78 bits per heavy atom. The molecule has 2 aromatic carbocycles. The molecule has 0 saturated heterocycles. The maximum absolute atomic E-state index is 12.6. The van der Waals surface area contributed by atoms with Crippen LogP contribution in [0.1, 0.15) is 21.5 Å². The minimum atomic E-state index is -0.529. The van der Waals surface area contributed by atoms with Gasteiger partial charge in [-0.25, -0.2) is 4.79 Å². The minimum Gasteiger partial charge on any atom is -0.481 e. The van der Waals surface area contributed by atoms with Crippen LogP contribution in [0.2, 0.25) is 0 Å². The normalized spacial score (nSPS) is 13.9. The number of non-ortho nitro benzene ring substituents is 1. The Morgan fingerprint density at radius 1 is 1.30 bits per heavy atom. The van der Waals surface area contributed by atoms with Crippen LogP contribution in [0.5, 0.6) is 11.5 Å². The molecule has 1 aliphatic heterocycles. The molecular weight excluding hydrogens is 354 g/mol. The first-order chi connectivity index (χ1) is 12.9. The number of rotatable bonds is 5. The van der Waals surface area contributed by atoms with Crippen LogP contribution in [0.15, 0.2) is 42.2 Å². The molecule has 1 heterocycles. The fourth-order valence-corrected chi connectivity index (χ4v) is 2.60. The summed E-state index contributed by atoms with van der Waals surface area (Å²) in [4.78, 5) is 34.2. The number of Topliss-reactive ketones (excluding diaryl/α,β-unsaturated/α-hetero) is 1. The van der Waals surface area contributed by atoms with E-state index in [2.05, 4.69) is 4.74 Å². The molecule has 0 amide bonds. The summed E-state index contributed by atoms with van der Waals surface area (Å²) in [7, 11) is 1.26. The highest BCUT2D eigenvalue weighted by Crippen LogP contribution is 2.39. The van der Waals surface area contributed by atoms with Gasteiger partial charge in [0.1, 0.15) is 11.5 Å². The number of benzene rings is 2. The van der Waals surface area contributed by atoms with E-state index in [1.165, 1.54) is 31.4 Å². The van der Waals surface area contributed by atoms with Crippen LogP contribution in [0, 0.1) is 17.0 Å². The summed E-state index contributed by atoms with van der Waals surface area (Å²) in [6, 6.07) is 9.01. The molecule has 27 heavy (non-hydrogen) atoms. The van der Waals surface area contributed by atoms with Crippen molar-refractivity contribution in [3.8, 4) is 11.5 Å². The Labute approximate surface area is 154 Å². The van der Waals surface area contributed by atoms with Crippen LogP contribution in [-0.4, -0.2) is 30.4 Å². The smallest absolute Gasteiger partial charge is 0.343 e. The molecule has 2 aromatic rings. The maximum Gasteiger partial charge on any atom is 0.343 e. The lowest BCUT2D eigenvalue weighted by molar-refractivity contribution is -0.384. The largest absolute Gasteiger partial charge is 0.481 e. The van der Waals surface area contributed by atoms with Crippen LogP contribution in [0.4, 0.5) is 5.69 Å².